The molecule has 1 aliphatic rings. The van der Waals surface area contributed by atoms with Crippen LogP contribution >= 0.6 is 0 Å². The summed E-state index contributed by atoms with van der Waals surface area (Å²) in [6.07, 6.45) is 0. The summed E-state index contributed by atoms with van der Waals surface area (Å²) in [5.41, 5.74) is 0. The highest BCUT2D eigenvalue weighted by atomic mass is 16.5. The quantitative estimate of drug-likeness (QED) is 0.712. The van der Waals surface area contributed by atoms with Crippen LogP contribution in [0.5, 0.6) is 0 Å². The molecule has 94 valence electrons. The Labute approximate surface area is 99.3 Å². The molecule has 17 heavy (non-hydrogen) atoms. The van der Waals surface area contributed by atoms with Gasteiger partial charge in [0.05, 0.1) is 13.2 Å². The van der Waals surface area contributed by atoms with Gasteiger partial charge in [0.25, 0.3) is 5.89 Å². The van der Waals surface area contributed by atoms with Crippen LogP contribution in [0.2, 0.25) is 0 Å². The number of carbonyl (C=O) groups excluding carboxylic acids is 1. The summed E-state index contributed by atoms with van der Waals surface area (Å²) in [4.78, 5) is 19.4. The average Bonchev–Trinajstić information content (AvgIpc) is 2.74. The van der Waals surface area contributed by atoms with E-state index >= 15 is 0 Å². The third-order valence-corrected chi connectivity index (χ3v) is 2.59. The predicted octanol–water partition coefficient (Wildman–Crippen LogP) is 0.433. The number of aromatic nitrogens is 2. The van der Waals surface area contributed by atoms with Crippen molar-refractivity contribution in [1.82, 2.24) is 19.9 Å². The predicted molar refractivity (Wildman–Crippen MR) is 58.4 cm³/mol. The number of rotatable bonds is 1. The van der Waals surface area contributed by atoms with Crippen LogP contribution in [0.4, 0.5) is 4.79 Å². The van der Waals surface area contributed by atoms with Gasteiger partial charge in [0.1, 0.15) is 6.04 Å². The smallest absolute Gasteiger partial charge is 0.320 e. The molecule has 1 atom stereocenters. The Hall–Kier alpha value is -1.63. The van der Waals surface area contributed by atoms with Crippen molar-refractivity contribution in [3.63, 3.8) is 0 Å². The second-order valence-electron chi connectivity index (χ2n) is 4.14. The normalized spacial score (nSPS) is 20.4. The van der Waals surface area contributed by atoms with Gasteiger partial charge >= 0.3 is 6.03 Å². The van der Waals surface area contributed by atoms with Crippen molar-refractivity contribution in [2.45, 2.75) is 13.0 Å². The van der Waals surface area contributed by atoms with Gasteiger partial charge in [-0.05, 0) is 6.92 Å². The maximum atomic E-state index is 12.0. The molecular weight excluding hydrogens is 224 g/mol. The Morgan fingerprint density at radius 1 is 1.53 bits per heavy atom. The zero-order valence-corrected chi connectivity index (χ0v) is 10.2. The molecule has 1 aromatic heterocycles. The lowest BCUT2D eigenvalue weighted by atomic mass is 10.2. The van der Waals surface area contributed by atoms with Crippen LogP contribution in [-0.4, -0.2) is 59.8 Å². The van der Waals surface area contributed by atoms with Crippen LogP contribution in [0.1, 0.15) is 17.8 Å². The van der Waals surface area contributed by atoms with Gasteiger partial charge in [0.15, 0.2) is 5.82 Å². The lowest BCUT2D eigenvalue weighted by molar-refractivity contribution is -0.00479. The standard InChI is InChI=1S/C10H16N4O3/c1-7-11-9(17-12-7)8-6-16-5-4-14(8)10(15)13(2)3/h8H,4-6H2,1-3H3/t8-/m1/s1. The van der Waals surface area contributed by atoms with Gasteiger partial charge in [0, 0.05) is 20.6 Å². The van der Waals surface area contributed by atoms with Crippen LogP contribution < -0.4 is 0 Å². The second-order valence-corrected chi connectivity index (χ2v) is 4.14. The molecule has 0 bridgehead atoms. The molecule has 2 rings (SSSR count). The molecule has 7 heteroatoms. The van der Waals surface area contributed by atoms with Crippen LogP contribution in [-0.2, 0) is 4.74 Å². The van der Waals surface area contributed by atoms with E-state index in [1.807, 2.05) is 0 Å². The highest BCUT2D eigenvalue weighted by molar-refractivity contribution is 5.74. The number of nitrogens with zero attached hydrogens (tertiary/aromatic N) is 4. The van der Waals surface area contributed by atoms with Crippen molar-refractivity contribution >= 4 is 6.03 Å². The topological polar surface area (TPSA) is 71.7 Å². The minimum atomic E-state index is -0.292. The number of amides is 2. The largest absolute Gasteiger partial charge is 0.377 e. The van der Waals surface area contributed by atoms with Crippen molar-refractivity contribution in [2.75, 3.05) is 33.9 Å². The van der Waals surface area contributed by atoms with Crippen molar-refractivity contribution in [2.24, 2.45) is 0 Å². The molecule has 7 nitrogen and oxygen atoms in total. The van der Waals surface area contributed by atoms with Gasteiger partial charge in [-0.15, -0.1) is 0 Å². The first-order valence-corrected chi connectivity index (χ1v) is 5.45. The maximum absolute atomic E-state index is 12.0. The molecule has 1 fully saturated rings. The second kappa shape index (κ2) is 4.70. The molecule has 0 aromatic carbocycles. The van der Waals surface area contributed by atoms with E-state index in [1.54, 1.807) is 25.9 Å². The zero-order valence-electron chi connectivity index (χ0n) is 10.2. The third kappa shape index (κ3) is 2.38. The van der Waals surface area contributed by atoms with Gasteiger partial charge in [-0.1, -0.05) is 5.16 Å². The molecule has 0 saturated carbocycles. The summed E-state index contributed by atoms with van der Waals surface area (Å²) in [7, 11) is 3.43. The number of urea groups is 1. The summed E-state index contributed by atoms with van der Waals surface area (Å²) in [5.74, 6) is 0.986. The molecule has 1 aliphatic heterocycles. The minimum Gasteiger partial charge on any atom is -0.377 e. The SMILES string of the molecule is Cc1noc([C@H]2COCCN2C(=O)N(C)C)n1. The van der Waals surface area contributed by atoms with Crippen molar-refractivity contribution in [1.29, 1.82) is 0 Å². The molecule has 0 N–H and O–H groups in total. The fourth-order valence-electron chi connectivity index (χ4n) is 1.74. The highest BCUT2D eigenvalue weighted by Gasteiger charge is 2.33. The van der Waals surface area contributed by atoms with Gasteiger partial charge in [-0.25, -0.2) is 4.79 Å². The fourth-order valence-corrected chi connectivity index (χ4v) is 1.74. The van der Waals surface area contributed by atoms with Gasteiger partial charge in [0.2, 0.25) is 0 Å². The number of aryl methyl sites for hydroxylation is 1. The molecule has 0 aliphatic carbocycles. The monoisotopic (exact) mass is 240 g/mol. The Kier molecular flexibility index (Phi) is 3.28. The van der Waals surface area contributed by atoms with E-state index < -0.39 is 0 Å². The lowest BCUT2D eigenvalue weighted by Gasteiger charge is -2.34. The van der Waals surface area contributed by atoms with Crippen LogP contribution in [0.15, 0.2) is 4.52 Å². The van der Waals surface area contributed by atoms with Gasteiger partial charge in [-0.3, -0.25) is 0 Å². The Balaban J connectivity index is 2.20. The molecule has 2 heterocycles. The molecular formula is C10H16N4O3. The van der Waals surface area contributed by atoms with E-state index in [4.69, 9.17) is 9.26 Å². The first-order valence-electron chi connectivity index (χ1n) is 5.45. The fraction of sp³-hybridized carbons (Fsp3) is 0.700. The summed E-state index contributed by atoms with van der Waals surface area (Å²) in [6, 6.07) is -0.367. The highest BCUT2D eigenvalue weighted by Crippen LogP contribution is 2.23. The van der Waals surface area contributed by atoms with Crippen molar-refractivity contribution < 1.29 is 14.1 Å². The molecule has 1 saturated heterocycles. The van der Waals surface area contributed by atoms with Gasteiger partial charge < -0.3 is 19.1 Å². The first-order chi connectivity index (χ1) is 8.09. The lowest BCUT2D eigenvalue weighted by Crippen LogP contribution is -2.47. The number of carbonyl (C=O) groups is 1. The third-order valence-electron chi connectivity index (χ3n) is 2.59. The van der Waals surface area contributed by atoms with E-state index in [0.29, 0.717) is 31.5 Å². The first kappa shape index (κ1) is 11.8. The van der Waals surface area contributed by atoms with E-state index in [9.17, 15) is 4.79 Å². The number of hydrogen-bond donors (Lipinski definition) is 0. The Morgan fingerprint density at radius 3 is 2.88 bits per heavy atom. The minimum absolute atomic E-state index is 0.0749. The van der Waals surface area contributed by atoms with Crippen LogP contribution in [0, 0.1) is 6.92 Å². The maximum Gasteiger partial charge on any atom is 0.320 e. The molecule has 0 unspecified atom stereocenters. The van der Waals surface area contributed by atoms with Crippen molar-refractivity contribution in [3.05, 3.63) is 11.7 Å². The van der Waals surface area contributed by atoms with Crippen molar-refractivity contribution in [3.8, 4) is 0 Å². The Morgan fingerprint density at radius 2 is 2.29 bits per heavy atom. The number of hydrogen-bond acceptors (Lipinski definition) is 5. The Bertz CT molecular complexity index is 404. The zero-order chi connectivity index (χ0) is 12.4. The van der Waals surface area contributed by atoms with E-state index in [-0.39, 0.29) is 12.1 Å². The summed E-state index contributed by atoms with van der Waals surface area (Å²) in [5, 5.41) is 3.74. The molecule has 2 amide bonds. The van der Waals surface area contributed by atoms with Crippen LogP contribution in [0.3, 0.4) is 0 Å². The average molecular weight is 240 g/mol. The van der Waals surface area contributed by atoms with E-state index in [2.05, 4.69) is 10.1 Å². The van der Waals surface area contributed by atoms with Gasteiger partial charge in [-0.2, -0.15) is 4.98 Å². The number of morpholine rings is 1. The van der Waals surface area contributed by atoms with E-state index in [0.717, 1.165) is 0 Å². The van der Waals surface area contributed by atoms with E-state index in [1.165, 1.54) is 4.90 Å². The summed E-state index contributed by atoms with van der Waals surface area (Å²) >= 11 is 0. The number of ether oxygens (including phenoxy) is 1. The van der Waals surface area contributed by atoms with Crippen LogP contribution in [0.25, 0.3) is 0 Å². The summed E-state index contributed by atoms with van der Waals surface area (Å²) < 4.78 is 10.5. The summed E-state index contributed by atoms with van der Waals surface area (Å²) in [6.45, 7) is 3.20. The molecule has 0 radical (unpaired) electrons. The molecule has 1 aromatic rings. The molecule has 0 spiro atoms.